The Kier molecular flexibility index (Phi) is 3.09. The van der Waals surface area contributed by atoms with E-state index in [0.29, 0.717) is 0 Å². The van der Waals surface area contributed by atoms with E-state index in [1.54, 1.807) is 0 Å². The van der Waals surface area contributed by atoms with Crippen molar-refractivity contribution >= 4 is 0 Å². The molecule has 1 aliphatic rings. The molecule has 0 unspecified atom stereocenters. The fraction of sp³-hybridized carbons (Fsp3) is 0.211. The highest BCUT2D eigenvalue weighted by Crippen LogP contribution is 2.39. The number of nitrogens with zero attached hydrogens (tertiary/aromatic N) is 2. The molecule has 1 saturated carbocycles. The molecule has 1 fully saturated rings. The van der Waals surface area contributed by atoms with Gasteiger partial charge in [0.2, 0.25) is 0 Å². The van der Waals surface area contributed by atoms with E-state index in [2.05, 4.69) is 45.9 Å². The van der Waals surface area contributed by atoms with Crippen LogP contribution in [0.2, 0.25) is 0 Å². The molecule has 0 spiro atoms. The number of rotatable bonds is 3. The van der Waals surface area contributed by atoms with E-state index in [4.69, 9.17) is 5.73 Å². The van der Waals surface area contributed by atoms with Crippen LogP contribution in [0.25, 0.3) is 17.1 Å². The third-order valence-corrected chi connectivity index (χ3v) is 4.64. The zero-order chi connectivity index (χ0) is 15.0. The van der Waals surface area contributed by atoms with Gasteiger partial charge in [0.25, 0.3) is 0 Å². The first-order chi connectivity index (χ1) is 10.8. The second-order valence-corrected chi connectivity index (χ2v) is 6.04. The van der Waals surface area contributed by atoms with Crippen molar-refractivity contribution in [2.75, 3.05) is 0 Å². The van der Waals surface area contributed by atoms with Crippen LogP contribution >= 0.6 is 0 Å². The van der Waals surface area contributed by atoms with Gasteiger partial charge in [-0.1, -0.05) is 42.5 Å². The van der Waals surface area contributed by atoms with Crippen LogP contribution in [0, 0.1) is 0 Å². The smallest absolute Gasteiger partial charge is 0.144 e. The zero-order valence-electron chi connectivity index (χ0n) is 12.4. The summed E-state index contributed by atoms with van der Waals surface area (Å²) in [4.78, 5) is 4.52. The predicted molar refractivity (Wildman–Crippen MR) is 88.7 cm³/mol. The summed E-state index contributed by atoms with van der Waals surface area (Å²) in [7, 11) is 0. The molecule has 0 bridgehead atoms. The minimum atomic E-state index is -0.104. The topological polar surface area (TPSA) is 43.8 Å². The van der Waals surface area contributed by atoms with Gasteiger partial charge >= 0.3 is 0 Å². The van der Waals surface area contributed by atoms with E-state index in [9.17, 15) is 0 Å². The van der Waals surface area contributed by atoms with Crippen molar-refractivity contribution < 1.29 is 0 Å². The number of hydrogen-bond acceptors (Lipinski definition) is 2. The van der Waals surface area contributed by atoms with Gasteiger partial charge in [-0.2, -0.15) is 0 Å². The Morgan fingerprint density at radius 1 is 0.955 bits per heavy atom. The van der Waals surface area contributed by atoms with E-state index in [-0.39, 0.29) is 5.54 Å². The van der Waals surface area contributed by atoms with Crippen LogP contribution < -0.4 is 5.73 Å². The molecule has 4 rings (SSSR count). The molecule has 1 heterocycles. The Balaban J connectivity index is 1.70. The van der Waals surface area contributed by atoms with Crippen molar-refractivity contribution in [3.05, 3.63) is 72.6 Å². The van der Waals surface area contributed by atoms with Crippen molar-refractivity contribution in [3.63, 3.8) is 0 Å². The van der Waals surface area contributed by atoms with Gasteiger partial charge in [0.15, 0.2) is 0 Å². The monoisotopic (exact) mass is 289 g/mol. The third-order valence-electron chi connectivity index (χ3n) is 4.64. The van der Waals surface area contributed by atoms with Gasteiger partial charge < -0.3 is 5.73 Å². The molecular formula is C19H19N3. The van der Waals surface area contributed by atoms with Crippen molar-refractivity contribution in [2.45, 2.75) is 24.8 Å². The number of para-hydroxylation sites is 1. The van der Waals surface area contributed by atoms with Gasteiger partial charge in [0.05, 0.1) is 0 Å². The minimum Gasteiger partial charge on any atom is -0.321 e. The summed E-state index contributed by atoms with van der Waals surface area (Å²) in [5, 5.41) is 0. The number of imidazole rings is 1. The average Bonchev–Trinajstić information content (AvgIpc) is 3.03. The van der Waals surface area contributed by atoms with Crippen LogP contribution in [0.4, 0.5) is 0 Å². The molecule has 0 radical (unpaired) electrons. The van der Waals surface area contributed by atoms with Gasteiger partial charge in [-0.05, 0) is 37.0 Å². The molecule has 2 aromatic carbocycles. The summed E-state index contributed by atoms with van der Waals surface area (Å²) in [5.74, 6) is 0.956. The van der Waals surface area contributed by atoms with Crippen molar-refractivity contribution in [3.8, 4) is 17.1 Å². The van der Waals surface area contributed by atoms with Crippen LogP contribution in [0.5, 0.6) is 0 Å². The quantitative estimate of drug-likeness (QED) is 0.795. The average molecular weight is 289 g/mol. The molecule has 22 heavy (non-hydrogen) atoms. The largest absolute Gasteiger partial charge is 0.321 e. The van der Waals surface area contributed by atoms with Crippen LogP contribution in [-0.2, 0) is 5.54 Å². The lowest BCUT2D eigenvalue weighted by molar-refractivity contribution is 0.253. The van der Waals surface area contributed by atoms with Crippen LogP contribution in [0.15, 0.2) is 67.0 Å². The highest BCUT2D eigenvalue weighted by molar-refractivity contribution is 5.59. The lowest BCUT2D eigenvalue weighted by atomic mass is 9.73. The number of benzene rings is 2. The molecule has 0 aliphatic heterocycles. The highest BCUT2D eigenvalue weighted by Gasteiger charge is 2.34. The first-order valence-corrected chi connectivity index (χ1v) is 7.75. The predicted octanol–water partition coefficient (Wildman–Crippen LogP) is 3.88. The Morgan fingerprint density at radius 2 is 1.68 bits per heavy atom. The number of nitrogens with two attached hydrogens (primary N) is 1. The minimum absolute atomic E-state index is 0.104. The van der Waals surface area contributed by atoms with E-state index in [1.807, 2.05) is 30.6 Å². The molecule has 0 amide bonds. The number of aromatic nitrogens is 2. The maximum atomic E-state index is 6.39. The first-order valence-electron chi connectivity index (χ1n) is 7.75. The SMILES string of the molecule is NC1(c2ccc(-c3nccn3-c3ccccc3)cc2)CCC1. The standard InChI is InChI=1S/C19H19N3/c20-19(11-4-12-19)16-9-7-15(8-10-16)18-21-13-14-22(18)17-5-2-1-3-6-17/h1-3,5-10,13-14H,4,11-12,20H2. The second kappa shape index (κ2) is 5.11. The van der Waals surface area contributed by atoms with Crippen molar-refractivity contribution in [2.24, 2.45) is 5.73 Å². The lowest BCUT2D eigenvalue weighted by Gasteiger charge is -2.38. The maximum Gasteiger partial charge on any atom is 0.144 e. The Morgan fingerprint density at radius 3 is 2.32 bits per heavy atom. The summed E-state index contributed by atoms with van der Waals surface area (Å²) in [6.45, 7) is 0. The lowest BCUT2D eigenvalue weighted by Crippen LogP contribution is -2.43. The van der Waals surface area contributed by atoms with Gasteiger partial charge in [-0.25, -0.2) is 4.98 Å². The number of hydrogen-bond donors (Lipinski definition) is 1. The third kappa shape index (κ3) is 2.14. The fourth-order valence-electron chi connectivity index (χ4n) is 3.11. The molecule has 1 aromatic heterocycles. The van der Waals surface area contributed by atoms with E-state index in [1.165, 1.54) is 12.0 Å². The highest BCUT2D eigenvalue weighted by atomic mass is 15.1. The molecule has 0 saturated heterocycles. The van der Waals surface area contributed by atoms with Gasteiger partial charge in [-0.15, -0.1) is 0 Å². The Hall–Kier alpha value is -2.39. The maximum absolute atomic E-state index is 6.39. The molecule has 3 aromatic rings. The summed E-state index contributed by atoms with van der Waals surface area (Å²) in [6.07, 6.45) is 7.24. The van der Waals surface area contributed by atoms with Crippen LogP contribution in [-0.4, -0.2) is 9.55 Å². The zero-order valence-corrected chi connectivity index (χ0v) is 12.4. The summed E-state index contributed by atoms with van der Waals surface area (Å²) in [6, 6.07) is 18.8. The molecule has 110 valence electrons. The molecule has 2 N–H and O–H groups in total. The Labute approximate surface area is 130 Å². The van der Waals surface area contributed by atoms with Gasteiger partial charge in [0, 0.05) is 29.2 Å². The molecule has 0 atom stereocenters. The van der Waals surface area contributed by atoms with Gasteiger partial charge in [-0.3, -0.25) is 4.57 Å². The van der Waals surface area contributed by atoms with E-state index >= 15 is 0 Å². The normalized spacial score (nSPS) is 16.2. The molecule has 3 nitrogen and oxygen atoms in total. The molecule has 3 heteroatoms. The van der Waals surface area contributed by atoms with Crippen molar-refractivity contribution in [1.29, 1.82) is 0 Å². The summed E-state index contributed by atoms with van der Waals surface area (Å²) >= 11 is 0. The first kappa shape index (κ1) is 13.3. The van der Waals surface area contributed by atoms with E-state index in [0.717, 1.165) is 29.9 Å². The van der Waals surface area contributed by atoms with Crippen LogP contribution in [0.1, 0.15) is 24.8 Å². The Bertz CT molecular complexity index is 768. The summed E-state index contributed by atoms with van der Waals surface area (Å²) < 4.78 is 2.11. The van der Waals surface area contributed by atoms with E-state index < -0.39 is 0 Å². The fourth-order valence-corrected chi connectivity index (χ4v) is 3.11. The summed E-state index contributed by atoms with van der Waals surface area (Å²) in [5.41, 5.74) is 9.76. The van der Waals surface area contributed by atoms with Crippen molar-refractivity contribution in [1.82, 2.24) is 9.55 Å². The second-order valence-electron chi connectivity index (χ2n) is 6.04. The molecule has 1 aliphatic carbocycles. The van der Waals surface area contributed by atoms with Crippen LogP contribution in [0.3, 0.4) is 0 Å². The van der Waals surface area contributed by atoms with Gasteiger partial charge in [0.1, 0.15) is 5.82 Å². The molecular weight excluding hydrogens is 270 g/mol.